The van der Waals surface area contributed by atoms with Crippen LogP contribution in [0.2, 0.25) is 0 Å². The van der Waals surface area contributed by atoms with Crippen LogP contribution in [-0.2, 0) is 6.18 Å². The van der Waals surface area contributed by atoms with Gasteiger partial charge in [-0.3, -0.25) is 0 Å². The Balaban J connectivity index is 0. The molecule has 56 valence electrons. The average Bonchev–Trinajstić information content (AvgIpc) is 1.88. The van der Waals surface area contributed by atoms with Crippen LogP contribution < -0.4 is 29.6 Å². The summed E-state index contributed by atoms with van der Waals surface area (Å²) < 4.78 is 35.4. The van der Waals surface area contributed by atoms with Crippen molar-refractivity contribution < 1.29 is 44.2 Å². The molecule has 0 saturated carbocycles. The van der Waals surface area contributed by atoms with E-state index in [0.717, 1.165) is 12.1 Å². The molecule has 0 radical (unpaired) electrons. The quantitative estimate of drug-likeness (QED) is 0.474. The van der Waals surface area contributed by atoms with E-state index >= 15 is 0 Å². The molecule has 0 aliphatic rings. The van der Waals surface area contributed by atoms with Gasteiger partial charge in [-0.25, -0.2) is 0 Å². The Labute approximate surface area is 86.2 Å². The fourth-order valence-corrected chi connectivity index (χ4v) is 0.627. The smallest absolute Gasteiger partial charge is 1.00 e. The van der Waals surface area contributed by atoms with Gasteiger partial charge in [0.15, 0.2) is 0 Å². The van der Waals surface area contributed by atoms with Crippen molar-refractivity contribution in [1.29, 1.82) is 0 Å². The Morgan fingerprint density at radius 2 is 1.45 bits per heavy atom. The van der Waals surface area contributed by atoms with E-state index in [0.29, 0.717) is 0 Å². The first-order valence-corrected chi connectivity index (χ1v) is 2.73. The van der Waals surface area contributed by atoms with Gasteiger partial charge in [0.1, 0.15) is 0 Å². The molecular weight excluding hydrogens is 164 g/mol. The minimum atomic E-state index is -4.21. The second kappa shape index (κ2) is 4.14. The van der Waals surface area contributed by atoms with E-state index in [-0.39, 0.29) is 31.0 Å². The molecule has 0 amide bonds. The molecule has 0 spiro atoms. The summed E-state index contributed by atoms with van der Waals surface area (Å²) in [5.74, 6) is 0. The van der Waals surface area contributed by atoms with Gasteiger partial charge in [-0.2, -0.15) is 13.2 Å². The van der Waals surface area contributed by atoms with Crippen LogP contribution in [0.25, 0.3) is 0 Å². The first-order valence-electron chi connectivity index (χ1n) is 2.73. The van der Waals surface area contributed by atoms with Gasteiger partial charge in [0.2, 0.25) is 0 Å². The van der Waals surface area contributed by atoms with Crippen molar-refractivity contribution >= 4 is 0 Å². The minimum Gasteiger partial charge on any atom is -1.00 e. The molecule has 4 heteroatoms. The standard InChI is InChI=1S/C7H5F3.Na.H/c8-7(9,10)6-4-2-1-3-5-6;;/h1-5H;;/q;+1;-1. The zero-order valence-electron chi connectivity index (χ0n) is 7.02. The van der Waals surface area contributed by atoms with Crippen molar-refractivity contribution in [3.63, 3.8) is 0 Å². The van der Waals surface area contributed by atoms with Gasteiger partial charge < -0.3 is 1.43 Å². The Morgan fingerprint density at radius 3 is 1.73 bits per heavy atom. The summed E-state index contributed by atoms with van der Waals surface area (Å²) in [7, 11) is 0. The van der Waals surface area contributed by atoms with E-state index in [9.17, 15) is 13.2 Å². The molecule has 0 heterocycles. The van der Waals surface area contributed by atoms with Crippen LogP contribution in [0.1, 0.15) is 6.99 Å². The molecule has 0 bridgehead atoms. The summed E-state index contributed by atoms with van der Waals surface area (Å²) in [6.07, 6.45) is -4.21. The van der Waals surface area contributed by atoms with Crippen LogP contribution in [0.5, 0.6) is 0 Å². The van der Waals surface area contributed by atoms with Gasteiger partial charge in [0.25, 0.3) is 0 Å². The summed E-state index contributed by atoms with van der Waals surface area (Å²) in [5.41, 5.74) is -0.602. The maximum absolute atomic E-state index is 11.8. The monoisotopic (exact) mass is 170 g/mol. The summed E-state index contributed by atoms with van der Waals surface area (Å²) in [5, 5.41) is 0. The Bertz CT molecular complexity index is 210. The molecule has 0 saturated heterocycles. The summed E-state index contributed by atoms with van der Waals surface area (Å²) in [6.45, 7) is 0. The van der Waals surface area contributed by atoms with Crippen LogP contribution in [-0.4, -0.2) is 0 Å². The minimum absolute atomic E-state index is 0. The molecular formula is C7H6F3Na. The third kappa shape index (κ3) is 3.27. The van der Waals surface area contributed by atoms with Crippen LogP contribution in [0.4, 0.5) is 13.2 Å². The van der Waals surface area contributed by atoms with E-state index in [2.05, 4.69) is 0 Å². The van der Waals surface area contributed by atoms with E-state index in [1.165, 1.54) is 12.1 Å². The first kappa shape index (κ1) is 11.0. The number of rotatable bonds is 0. The van der Waals surface area contributed by atoms with Crippen LogP contribution in [0, 0.1) is 0 Å². The molecule has 0 aromatic heterocycles. The number of alkyl halides is 3. The molecule has 11 heavy (non-hydrogen) atoms. The average molecular weight is 170 g/mol. The van der Waals surface area contributed by atoms with Crippen molar-refractivity contribution in [2.24, 2.45) is 0 Å². The van der Waals surface area contributed by atoms with Crippen molar-refractivity contribution in [3.05, 3.63) is 35.9 Å². The van der Waals surface area contributed by atoms with Crippen LogP contribution >= 0.6 is 0 Å². The number of hydrogen-bond donors (Lipinski definition) is 0. The first-order chi connectivity index (χ1) is 4.61. The van der Waals surface area contributed by atoms with Crippen molar-refractivity contribution in [3.8, 4) is 0 Å². The third-order valence-corrected chi connectivity index (χ3v) is 1.10. The fourth-order valence-electron chi connectivity index (χ4n) is 0.627. The van der Waals surface area contributed by atoms with Gasteiger partial charge in [-0.1, -0.05) is 30.3 Å². The topological polar surface area (TPSA) is 0 Å². The molecule has 1 aromatic rings. The summed E-state index contributed by atoms with van der Waals surface area (Å²) >= 11 is 0. The summed E-state index contributed by atoms with van der Waals surface area (Å²) in [6, 6.07) is 6.36. The molecule has 1 rings (SSSR count). The Morgan fingerprint density at radius 1 is 1.00 bits per heavy atom. The van der Waals surface area contributed by atoms with Crippen molar-refractivity contribution in [1.82, 2.24) is 0 Å². The van der Waals surface area contributed by atoms with Crippen LogP contribution in [0.3, 0.4) is 0 Å². The van der Waals surface area contributed by atoms with E-state index in [1.54, 1.807) is 6.07 Å². The van der Waals surface area contributed by atoms with Gasteiger partial charge in [-0.05, 0) is 0 Å². The number of benzene rings is 1. The maximum Gasteiger partial charge on any atom is 1.00 e. The zero-order valence-corrected chi connectivity index (χ0v) is 8.02. The molecule has 0 fully saturated rings. The molecule has 0 N–H and O–H groups in total. The number of hydrogen-bond acceptors (Lipinski definition) is 0. The van der Waals surface area contributed by atoms with E-state index in [1.807, 2.05) is 0 Å². The SMILES string of the molecule is FC(F)(F)c1ccccc1.[H-].[Na+]. The normalized spacial score (nSPS) is 10.5. The summed E-state index contributed by atoms with van der Waals surface area (Å²) in [4.78, 5) is 0. The third-order valence-electron chi connectivity index (χ3n) is 1.10. The largest absolute Gasteiger partial charge is 1.00 e. The predicted molar refractivity (Wildman–Crippen MR) is 32.6 cm³/mol. The van der Waals surface area contributed by atoms with Gasteiger partial charge in [0, 0.05) is 0 Å². The van der Waals surface area contributed by atoms with Crippen molar-refractivity contribution in [2.45, 2.75) is 6.18 Å². The zero-order chi connectivity index (χ0) is 7.61. The maximum atomic E-state index is 11.8. The molecule has 0 atom stereocenters. The fraction of sp³-hybridized carbons (Fsp3) is 0.143. The second-order valence-corrected chi connectivity index (χ2v) is 1.86. The molecule has 0 nitrogen and oxygen atoms in total. The molecule has 1 aromatic carbocycles. The van der Waals surface area contributed by atoms with E-state index < -0.39 is 11.7 Å². The Hall–Kier alpha value is 0.01000. The predicted octanol–water partition coefficient (Wildman–Crippen LogP) is -0.178. The number of halogens is 3. The molecule has 0 unspecified atom stereocenters. The van der Waals surface area contributed by atoms with Gasteiger partial charge >= 0.3 is 35.7 Å². The van der Waals surface area contributed by atoms with Crippen molar-refractivity contribution in [2.75, 3.05) is 0 Å². The van der Waals surface area contributed by atoms with Gasteiger partial charge in [0.05, 0.1) is 5.56 Å². The molecule has 0 aliphatic heterocycles. The second-order valence-electron chi connectivity index (χ2n) is 1.86. The Kier molecular flexibility index (Phi) is 4.14. The van der Waals surface area contributed by atoms with E-state index in [4.69, 9.17) is 0 Å². The van der Waals surface area contributed by atoms with Crippen LogP contribution in [0.15, 0.2) is 30.3 Å². The molecule has 0 aliphatic carbocycles. The van der Waals surface area contributed by atoms with Gasteiger partial charge in [-0.15, -0.1) is 0 Å².